The minimum absolute atomic E-state index is 0.138. The van der Waals surface area contributed by atoms with Crippen LogP contribution in [0.1, 0.15) is 22.7 Å². The molecule has 21 heavy (non-hydrogen) atoms. The van der Waals surface area contributed by atoms with E-state index < -0.39 is 0 Å². The molecule has 0 aliphatic heterocycles. The Morgan fingerprint density at radius 3 is 2.62 bits per heavy atom. The van der Waals surface area contributed by atoms with Crippen molar-refractivity contribution in [2.75, 3.05) is 7.05 Å². The molecule has 1 aromatic heterocycles. The van der Waals surface area contributed by atoms with Gasteiger partial charge in [-0.2, -0.15) is 0 Å². The van der Waals surface area contributed by atoms with Crippen LogP contribution < -0.4 is 5.32 Å². The highest BCUT2D eigenvalue weighted by Crippen LogP contribution is 2.27. The molecule has 2 aromatic carbocycles. The molecule has 1 atom stereocenters. The predicted molar refractivity (Wildman–Crippen MR) is 91.5 cm³/mol. The van der Waals surface area contributed by atoms with Gasteiger partial charge in [-0.15, -0.1) is 0 Å². The molecule has 106 valence electrons. The van der Waals surface area contributed by atoms with Gasteiger partial charge in [0.2, 0.25) is 0 Å². The van der Waals surface area contributed by atoms with Gasteiger partial charge in [0.25, 0.3) is 0 Å². The normalized spacial score (nSPS) is 12.5. The molecule has 3 heteroatoms. The van der Waals surface area contributed by atoms with Crippen molar-refractivity contribution >= 4 is 26.8 Å². The van der Waals surface area contributed by atoms with Gasteiger partial charge in [-0.05, 0) is 48.9 Å². The summed E-state index contributed by atoms with van der Waals surface area (Å²) in [6.45, 7) is 2.10. The lowest BCUT2D eigenvalue weighted by Crippen LogP contribution is -2.18. The maximum Gasteiger partial charge on any atom is 0.0702 e. The van der Waals surface area contributed by atoms with E-state index in [4.69, 9.17) is 0 Å². The molecule has 0 saturated heterocycles. The second-order valence-electron chi connectivity index (χ2n) is 5.19. The highest BCUT2D eigenvalue weighted by atomic mass is 79.9. The molecule has 0 fully saturated rings. The van der Waals surface area contributed by atoms with Crippen LogP contribution in [0.5, 0.6) is 0 Å². The number of halogens is 1. The maximum absolute atomic E-state index is 4.56. The quantitative estimate of drug-likeness (QED) is 0.752. The van der Waals surface area contributed by atoms with Crippen LogP contribution in [0.15, 0.2) is 59.2 Å². The van der Waals surface area contributed by atoms with Gasteiger partial charge in [-0.1, -0.05) is 46.3 Å². The van der Waals surface area contributed by atoms with Gasteiger partial charge in [0.05, 0.1) is 11.6 Å². The van der Waals surface area contributed by atoms with Crippen LogP contribution in [0.25, 0.3) is 10.9 Å². The first-order chi connectivity index (χ1) is 10.2. The van der Waals surface area contributed by atoms with E-state index in [0.29, 0.717) is 0 Å². The number of pyridine rings is 1. The standard InChI is InChI=1S/C18H17BrN2/c1-12-7-8-14(10-16(12)19)18(20-2)15-9-13-5-3-4-6-17(13)21-11-15/h3-11,18,20H,1-2H3. The first-order valence-corrected chi connectivity index (χ1v) is 7.76. The summed E-state index contributed by atoms with van der Waals surface area (Å²) in [5.74, 6) is 0. The fourth-order valence-electron chi connectivity index (χ4n) is 2.56. The summed E-state index contributed by atoms with van der Waals surface area (Å²) in [6, 6.07) is 17.0. The Bertz CT molecular complexity index is 783. The van der Waals surface area contributed by atoms with Crippen molar-refractivity contribution in [3.63, 3.8) is 0 Å². The molecule has 0 aliphatic rings. The van der Waals surface area contributed by atoms with E-state index in [1.807, 2.05) is 31.4 Å². The van der Waals surface area contributed by atoms with Crippen molar-refractivity contribution < 1.29 is 0 Å². The molecule has 2 nitrogen and oxygen atoms in total. The van der Waals surface area contributed by atoms with E-state index in [1.54, 1.807) is 0 Å². The lowest BCUT2D eigenvalue weighted by Gasteiger charge is -2.18. The van der Waals surface area contributed by atoms with Crippen LogP contribution in [0.4, 0.5) is 0 Å². The van der Waals surface area contributed by atoms with Gasteiger partial charge in [-0.3, -0.25) is 4.98 Å². The van der Waals surface area contributed by atoms with Crippen LogP contribution in [0, 0.1) is 6.92 Å². The molecule has 0 bridgehead atoms. The molecule has 0 saturated carbocycles. The molecule has 0 spiro atoms. The van der Waals surface area contributed by atoms with E-state index in [0.717, 1.165) is 9.99 Å². The Morgan fingerprint density at radius 2 is 1.86 bits per heavy atom. The van der Waals surface area contributed by atoms with Gasteiger partial charge in [0, 0.05) is 16.1 Å². The average molecular weight is 341 g/mol. The van der Waals surface area contributed by atoms with Crippen molar-refractivity contribution in [1.82, 2.24) is 10.3 Å². The number of para-hydroxylation sites is 1. The van der Waals surface area contributed by atoms with Crippen molar-refractivity contribution in [3.05, 3.63) is 75.9 Å². The lowest BCUT2D eigenvalue weighted by atomic mass is 9.98. The van der Waals surface area contributed by atoms with E-state index >= 15 is 0 Å². The first-order valence-electron chi connectivity index (χ1n) is 6.97. The number of nitrogens with one attached hydrogen (secondary N) is 1. The number of aryl methyl sites for hydroxylation is 1. The number of hydrogen-bond donors (Lipinski definition) is 1. The van der Waals surface area contributed by atoms with Crippen LogP contribution in [-0.4, -0.2) is 12.0 Å². The summed E-state index contributed by atoms with van der Waals surface area (Å²) in [6.07, 6.45) is 1.96. The largest absolute Gasteiger partial charge is 0.309 e. The molecule has 3 rings (SSSR count). The Balaban J connectivity index is 2.06. The van der Waals surface area contributed by atoms with Crippen LogP contribution in [0.3, 0.4) is 0 Å². The van der Waals surface area contributed by atoms with E-state index in [2.05, 4.69) is 63.5 Å². The van der Waals surface area contributed by atoms with Gasteiger partial charge in [0.1, 0.15) is 0 Å². The van der Waals surface area contributed by atoms with Crippen LogP contribution >= 0.6 is 15.9 Å². The summed E-state index contributed by atoms with van der Waals surface area (Å²) < 4.78 is 1.13. The van der Waals surface area contributed by atoms with Crippen molar-refractivity contribution in [3.8, 4) is 0 Å². The molecule has 1 heterocycles. The highest BCUT2D eigenvalue weighted by molar-refractivity contribution is 9.10. The topological polar surface area (TPSA) is 24.9 Å². The van der Waals surface area contributed by atoms with Gasteiger partial charge in [-0.25, -0.2) is 0 Å². The fourth-order valence-corrected chi connectivity index (χ4v) is 2.96. The lowest BCUT2D eigenvalue weighted by molar-refractivity contribution is 0.689. The first kappa shape index (κ1) is 14.2. The Kier molecular flexibility index (Phi) is 4.04. The third-order valence-corrected chi connectivity index (χ3v) is 4.62. The zero-order valence-electron chi connectivity index (χ0n) is 12.1. The molecule has 0 aliphatic carbocycles. The minimum atomic E-state index is 0.138. The molecular weight excluding hydrogens is 324 g/mol. The smallest absolute Gasteiger partial charge is 0.0702 e. The second-order valence-corrected chi connectivity index (χ2v) is 6.05. The fraction of sp³-hybridized carbons (Fsp3) is 0.167. The van der Waals surface area contributed by atoms with Crippen molar-refractivity contribution in [1.29, 1.82) is 0 Å². The predicted octanol–water partition coefficient (Wildman–Crippen LogP) is 4.61. The van der Waals surface area contributed by atoms with Crippen molar-refractivity contribution in [2.45, 2.75) is 13.0 Å². The second kappa shape index (κ2) is 5.96. The number of nitrogens with zero attached hydrogens (tertiary/aromatic N) is 1. The van der Waals surface area contributed by atoms with Gasteiger partial charge in [0.15, 0.2) is 0 Å². The third kappa shape index (κ3) is 2.85. The van der Waals surface area contributed by atoms with Gasteiger partial charge >= 0.3 is 0 Å². The zero-order chi connectivity index (χ0) is 14.8. The Morgan fingerprint density at radius 1 is 1.05 bits per heavy atom. The number of hydrogen-bond acceptors (Lipinski definition) is 2. The average Bonchev–Trinajstić information content (AvgIpc) is 2.51. The Hall–Kier alpha value is -1.71. The number of aromatic nitrogens is 1. The third-order valence-electron chi connectivity index (χ3n) is 3.76. The summed E-state index contributed by atoms with van der Waals surface area (Å²) in [5, 5.41) is 4.55. The number of benzene rings is 2. The number of fused-ring (bicyclic) bond motifs is 1. The molecule has 1 unspecified atom stereocenters. The molecule has 3 aromatic rings. The highest BCUT2D eigenvalue weighted by Gasteiger charge is 2.13. The van der Waals surface area contributed by atoms with Crippen molar-refractivity contribution in [2.24, 2.45) is 0 Å². The zero-order valence-corrected chi connectivity index (χ0v) is 13.7. The van der Waals surface area contributed by atoms with E-state index in [-0.39, 0.29) is 6.04 Å². The summed E-state index contributed by atoms with van der Waals surface area (Å²) in [7, 11) is 1.98. The van der Waals surface area contributed by atoms with Crippen LogP contribution in [0.2, 0.25) is 0 Å². The molecule has 0 amide bonds. The summed E-state index contributed by atoms with van der Waals surface area (Å²) in [4.78, 5) is 4.56. The summed E-state index contributed by atoms with van der Waals surface area (Å²) in [5.41, 5.74) is 4.67. The molecule has 0 radical (unpaired) electrons. The monoisotopic (exact) mass is 340 g/mol. The van der Waals surface area contributed by atoms with E-state index in [1.165, 1.54) is 22.1 Å². The minimum Gasteiger partial charge on any atom is -0.309 e. The number of rotatable bonds is 3. The molecule has 1 N–H and O–H groups in total. The van der Waals surface area contributed by atoms with E-state index in [9.17, 15) is 0 Å². The van der Waals surface area contributed by atoms with Gasteiger partial charge < -0.3 is 5.32 Å². The van der Waals surface area contributed by atoms with Crippen LogP contribution in [-0.2, 0) is 0 Å². The Labute approximate surface area is 133 Å². The SMILES string of the molecule is CNC(c1ccc(C)c(Br)c1)c1cnc2ccccc2c1. The molecular formula is C18H17BrN2. The summed E-state index contributed by atoms with van der Waals surface area (Å²) >= 11 is 3.61. The maximum atomic E-state index is 4.56.